The Hall–Kier alpha value is -0.840. The van der Waals surface area contributed by atoms with Crippen LogP contribution in [0.1, 0.15) is 26.2 Å². The van der Waals surface area contributed by atoms with E-state index in [0.717, 1.165) is 38.2 Å². The zero-order valence-corrected chi connectivity index (χ0v) is 11.7. The second kappa shape index (κ2) is 6.19. The molecule has 0 saturated carbocycles. The minimum absolute atomic E-state index is 0.649. The predicted molar refractivity (Wildman–Crippen MR) is 72.0 cm³/mol. The average Bonchev–Trinajstić information content (AvgIpc) is 2.37. The van der Waals surface area contributed by atoms with Crippen molar-refractivity contribution in [2.45, 2.75) is 31.0 Å². The topological polar surface area (TPSA) is 38.2 Å². The number of halogens is 1. The fourth-order valence-electron chi connectivity index (χ4n) is 1.87. The number of hydrogen-bond donors (Lipinski definition) is 0. The Bertz CT molecular complexity index is 353. The smallest absolute Gasteiger partial charge is 0.218 e. The molecule has 1 aliphatic heterocycles. The van der Waals surface area contributed by atoms with E-state index >= 15 is 0 Å². The number of aromatic nitrogens is 2. The van der Waals surface area contributed by atoms with E-state index in [2.05, 4.69) is 37.7 Å². The Labute approximate surface area is 111 Å². The van der Waals surface area contributed by atoms with Crippen LogP contribution in [0.4, 0.5) is 5.82 Å². The summed E-state index contributed by atoms with van der Waals surface area (Å²) in [6.45, 7) is 4.88. The van der Waals surface area contributed by atoms with Crippen LogP contribution in [0.5, 0.6) is 5.88 Å². The van der Waals surface area contributed by atoms with Gasteiger partial charge in [0, 0.05) is 24.0 Å². The van der Waals surface area contributed by atoms with Gasteiger partial charge in [0.05, 0.1) is 6.61 Å². The van der Waals surface area contributed by atoms with Crippen molar-refractivity contribution in [1.29, 1.82) is 0 Å². The normalized spacial score (nSPS) is 17.2. The molecule has 1 aliphatic rings. The van der Waals surface area contributed by atoms with Crippen molar-refractivity contribution in [3.05, 3.63) is 12.4 Å². The number of piperidine rings is 1. The second-order valence-corrected chi connectivity index (χ2v) is 5.52. The van der Waals surface area contributed by atoms with Gasteiger partial charge in [0.1, 0.15) is 12.1 Å². The summed E-state index contributed by atoms with van der Waals surface area (Å²) in [5.41, 5.74) is 0. The lowest BCUT2D eigenvalue weighted by atomic mass is 10.1. The highest BCUT2D eigenvalue weighted by Crippen LogP contribution is 2.23. The molecule has 1 fully saturated rings. The van der Waals surface area contributed by atoms with Gasteiger partial charge in [-0.1, -0.05) is 22.9 Å². The molecule has 94 valence electrons. The van der Waals surface area contributed by atoms with E-state index in [0.29, 0.717) is 17.3 Å². The molecule has 0 N–H and O–H groups in total. The molecular weight excluding hydrogens is 282 g/mol. The summed E-state index contributed by atoms with van der Waals surface area (Å²) in [4.78, 5) is 11.4. The molecule has 0 aromatic carbocycles. The first-order chi connectivity index (χ1) is 8.29. The maximum Gasteiger partial charge on any atom is 0.218 e. The van der Waals surface area contributed by atoms with E-state index in [1.54, 1.807) is 6.33 Å². The Morgan fingerprint density at radius 1 is 1.41 bits per heavy atom. The van der Waals surface area contributed by atoms with Crippen LogP contribution >= 0.6 is 15.9 Å². The van der Waals surface area contributed by atoms with Gasteiger partial charge in [0.15, 0.2) is 0 Å². The highest BCUT2D eigenvalue weighted by molar-refractivity contribution is 9.09. The molecule has 4 nitrogen and oxygen atoms in total. The van der Waals surface area contributed by atoms with Crippen LogP contribution in [0.2, 0.25) is 0 Å². The SMILES string of the molecule is CCCOc1cc(N2CCC(Br)CC2)ncn1. The Morgan fingerprint density at radius 3 is 2.88 bits per heavy atom. The largest absolute Gasteiger partial charge is 0.478 e. The summed E-state index contributed by atoms with van der Waals surface area (Å²) < 4.78 is 5.52. The van der Waals surface area contributed by atoms with Gasteiger partial charge < -0.3 is 9.64 Å². The first kappa shape index (κ1) is 12.6. The molecule has 0 radical (unpaired) electrons. The average molecular weight is 300 g/mol. The number of ether oxygens (including phenoxy) is 1. The molecule has 1 aromatic rings. The highest BCUT2D eigenvalue weighted by atomic mass is 79.9. The summed E-state index contributed by atoms with van der Waals surface area (Å²) in [6.07, 6.45) is 4.90. The van der Waals surface area contributed by atoms with Crippen LogP contribution in [0.15, 0.2) is 12.4 Å². The van der Waals surface area contributed by atoms with Crippen LogP contribution in [0.25, 0.3) is 0 Å². The van der Waals surface area contributed by atoms with Crippen molar-refractivity contribution in [1.82, 2.24) is 9.97 Å². The van der Waals surface area contributed by atoms with Gasteiger partial charge in [-0.25, -0.2) is 9.97 Å². The molecule has 0 unspecified atom stereocenters. The first-order valence-corrected chi connectivity index (χ1v) is 7.05. The van der Waals surface area contributed by atoms with E-state index in [1.807, 2.05) is 6.07 Å². The fraction of sp³-hybridized carbons (Fsp3) is 0.667. The second-order valence-electron chi connectivity index (χ2n) is 4.22. The van der Waals surface area contributed by atoms with Gasteiger partial charge >= 0.3 is 0 Å². The van der Waals surface area contributed by atoms with Crippen molar-refractivity contribution < 1.29 is 4.74 Å². The number of nitrogens with zero attached hydrogens (tertiary/aromatic N) is 3. The molecule has 0 atom stereocenters. The maximum atomic E-state index is 5.52. The van der Waals surface area contributed by atoms with E-state index in [4.69, 9.17) is 4.74 Å². The summed E-state index contributed by atoms with van der Waals surface area (Å²) in [5.74, 6) is 1.66. The standard InChI is InChI=1S/C12H18BrN3O/c1-2-7-17-12-8-11(14-9-15-12)16-5-3-10(13)4-6-16/h8-10H,2-7H2,1H3. The maximum absolute atomic E-state index is 5.52. The van der Waals surface area contributed by atoms with Crippen molar-refractivity contribution >= 4 is 21.7 Å². The molecule has 5 heteroatoms. The van der Waals surface area contributed by atoms with E-state index in [9.17, 15) is 0 Å². The summed E-state index contributed by atoms with van der Waals surface area (Å²) in [5, 5.41) is 0. The molecule has 0 bridgehead atoms. The van der Waals surface area contributed by atoms with Crippen LogP contribution in [-0.2, 0) is 0 Å². The van der Waals surface area contributed by atoms with E-state index in [1.165, 1.54) is 0 Å². The minimum Gasteiger partial charge on any atom is -0.478 e. The van der Waals surface area contributed by atoms with Crippen LogP contribution in [0.3, 0.4) is 0 Å². The molecule has 1 saturated heterocycles. The van der Waals surface area contributed by atoms with Crippen molar-refractivity contribution in [3.63, 3.8) is 0 Å². The number of alkyl halides is 1. The molecule has 0 spiro atoms. The first-order valence-electron chi connectivity index (χ1n) is 6.13. The lowest BCUT2D eigenvalue weighted by Gasteiger charge is -2.30. The molecule has 2 heterocycles. The lowest BCUT2D eigenvalue weighted by molar-refractivity contribution is 0.304. The highest BCUT2D eigenvalue weighted by Gasteiger charge is 2.18. The van der Waals surface area contributed by atoms with Gasteiger partial charge in [-0.3, -0.25) is 0 Å². The number of hydrogen-bond acceptors (Lipinski definition) is 4. The fourth-order valence-corrected chi connectivity index (χ4v) is 2.27. The molecule has 0 aliphatic carbocycles. The third kappa shape index (κ3) is 3.56. The molecule has 17 heavy (non-hydrogen) atoms. The van der Waals surface area contributed by atoms with E-state index in [-0.39, 0.29) is 0 Å². The Morgan fingerprint density at radius 2 is 2.18 bits per heavy atom. The monoisotopic (exact) mass is 299 g/mol. The summed E-state index contributed by atoms with van der Waals surface area (Å²) in [7, 11) is 0. The Balaban J connectivity index is 2.00. The van der Waals surface area contributed by atoms with Crippen molar-refractivity contribution in [3.8, 4) is 5.88 Å². The minimum atomic E-state index is 0.649. The lowest BCUT2D eigenvalue weighted by Crippen LogP contribution is -2.34. The van der Waals surface area contributed by atoms with Gasteiger partial charge in [-0.2, -0.15) is 0 Å². The number of rotatable bonds is 4. The van der Waals surface area contributed by atoms with Gasteiger partial charge in [0.2, 0.25) is 5.88 Å². The van der Waals surface area contributed by atoms with Gasteiger partial charge in [0.25, 0.3) is 0 Å². The third-order valence-electron chi connectivity index (χ3n) is 2.83. The van der Waals surface area contributed by atoms with Gasteiger partial charge in [-0.05, 0) is 19.3 Å². The van der Waals surface area contributed by atoms with Crippen molar-refractivity contribution in [2.24, 2.45) is 0 Å². The molecule has 1 aromatic heterocycles. The van der Waals surface area contributed by atoms with Crippen molar-refractivity contribution in [2.75, 3.05) is 24.6 Å². The van der Waals surface area contributed by atoms with Gasteiger partial charge in [-0.15, -0.1) is 0 Å². The zero-order valence-electron chi connectivity index (χ0n) is 10.1. The molecule has 0 amide bonds. The molecule has 2 rings (SSSR count). The summed E-state index contributed by atoms with van der Waals surface area (Å²) >= 11 is 3.65. The Kier molecular flexibility index (Phi) is 4.59. The van der Waals surface area contributed by atoms with Crippen LogP contribution < -0.4 is 9.64 Å². The molecular formula is C12H18BrN3O. The predicted octanol–water partition coefficient (Wildman–Crippen LogP) is 2.63. The summed E-state index contributed by atoms with van der Waals surface area (Å²) in [6, 6.07) is 1.93. The zero-order chi connectivity index (χ0) is 12.1. The van der Waals surface area contributed by atoms with Crippen LogP contribution in [0, 0.1) is 0 Å². The van der Waals surface area contributed by atoms with E-state index < -0.39 is 0 Å². The van der Waals surface area contributed by atoms with Crippen LogP contribution in [-0.4, -0.2) is 34.5 Å². The third-order valence-corrected chi connectivity index (χ3v) is 3.75. The number of anilines is 1. The quantitative estimate of drug-likeness (QED) is 0.801.